The third-order valence-electron chi connectivity index (χ3n) is 3.58. The first-order chi connectivity index (χ1) is 8.92. The van der Waals surface area contributed by atoms with Gasteiger partial charge < -0.3 is 5.73 Å². The summed E-state index contributed by atoms with van der Waals surface area (Å²) in [6, 6.07) is 3.48. The van der Waals surface area contributed by atoms with Gasteiger partial charge in [-0.1, -0.05) is 12.5 Å². The van der Waals surface area contributed by atoms with Crippen LogP contribution in [0.5, 0.6) is 0 Å². The van der Waals surface area contributed by atoms with Gasteiger partial charge in [0.05, 0.1) is 5.69 Å². The molecule has 0 saturated carbocycles. The third-order valence-corrected chi connectivity index (χ3v) is 5.16. The Bertz CT molecular complexity index is 563. The van der Waals surface area contributed by atoms with Gasteiger partial charge in [0, 0.05) is 13.1 Å². The maximum absolute atomic E-state index is 12.5. The van der Waals surface area contributed by atoms with E-state index < -0.39 is 10.0 Å². The summed E-state index contributed by atoms with van der Waals surface area (Å²) in [4.78, 5) is 2.85. The highest BCUT2D eigenvalue weighted by Gasteiger charge is 2.24. The summed E-state index contributed by atoms with van der Waals surface area (Å²) in [5.41, 5.74) is 7.78. The van der Waals surface area contributed by atoms with E-state index in [0.29, 0.717) is 11.3 Å². The zero-order valence-electron chi connectivity index (χ0n) is 11.4. The molecule has 5 nitrogen and oxygen atoms in total. The Hall–Kier alpha value is -1.11. The smallest absolute Gasteiger partial charge is 0.255 e. The van der Waals surface area contributed by atoms with Gasteiger partial charge >= 0.3 is 0 Å². The molecule has 0 spiro atoms. The fraction of sp³-hybridized carbons (Fsp3) is 0.538. The first-order valence-electron chi connectivity index (χ1n) is 6.55. The lowest BCUT2D eigenvalue weighted by Crippen LogP contribution is -2.45. The fourth-order valence-corrected chi connectivity index (χ4v) is 3.92. The van der Waals surface area contributed by atoms with Crippen molar-refractivity contribution < 1.29 is 8.42 Å². The van der Waals surface area contributed by atoms with Gasteiger partial charge in [0.25, 0.3) is 10.0 Å². The molecule has 2 rings (SSSR count). The largest absolute Gasteiger partial charge is 0.398 e. The molecular weight excluding hydrogens is 262 g/mol. The van der Waals surface area contributed by atoms with Gasteiger partial charge in [-0.15, -0.1) is 4.83 Å². The first-order valence-corrected chi connectivity index (χ1v) is 8.03. The van der Waals surface area contributed by atoms with E-state index in [1.54, 1.807) is 18.0 Å². The number of nitrogens with zero attached hydrogens (tertiary/aromatic N) is 1. The molecule has 1 fully saturated rings. The number of hydrogen-bond donors (Lipinski definition) is 2. The Balaban J connectivity index is 2.31. The lowest BCUT2D eigenvalue weighted by Gasteiger charge is -2.27. The van der Waals surface area contributed by atoms with Gasteiger partial charge in [0.15, 0.2) is 0 Å². The molecule has 1 heterocycles. The number of benzene rings is 1. The van der Waals surface area contributed by atoms with Crippen LogP contribution < -0.4 is 10.6 Å². The molecule has 106 valence electrons. The molecule has 19 heavy (non-hydrogen) atoms. The highest BCUT2D eigenvalue weighted by Crippen LogP contribution is 2.25. The molecule has 0 amide bonds. The normalized spacial score (nSPS) is 17.6. The molecule has 0 radical (unpaired) electrons. The van der Waals surface area contributed by atoms with Crippen LogP contribution in [0.3, 0.4) is 0 Å². The number of piperidine rings is 1. The number of hydrazine groups is 1. The van der Waals surface area contributed by atoms with Crippen LogP contribution in [0.1, 0.15) is 30.4 Å². The van der Waals surface area contributed by atoms with Crippen LogP contribution in [0.2, 0.25) is 0 Å². The van der Waals surface area contributed by atoms with Gasteiger partial charge in [-0.05, 0) is 43.9 Å². The van der Waals surface area contributed by atoms with Crippen molar-refractivity contribution in [1.82, 2.24) is 9.84 Å². The van der Waals surface area contributed by atoms with Crippen molar-refractivity contribution in [3.05, 3.63) is 23.3 Å². The number of nitrogens with one attached hydrogen (secondary N) is 1. The lowest BCUT2D eigenvalue weighted by molar-refractivity contribution is 0.200. The molecular formula is C13H21N3O2S. The van der Waals surface area contributed by atoms with Crippen molar-refractivity contribution >= 4 is 15.7 Å². The molecule has 0 atom stereocenters. The van der Waals surface area contributed by atoms with Gasteiger partial charge in [-0.2, -0.15) is 0 Å². The van der Waals surface area contributed by atoms with E-state index in [2.05, 4.69) is 4.83 Å². The highest BCUT2D eigenvalue weighted by molar-refractivity contribution is 7.89. The standard InChI is InChI=1S/C13H21N3O2S/c1-10-6-7-12(14)13(11(10)2)19(17,18)15-16-8-4-3-5-9-16/h6-7,15H,3-5,8-9,14H2,1-2H3. The SMILES string of the molecule is Cc1ccc(N)c(S(=O)(=O)NN2CCCCC2)c1C. The Morgan fingerprint density at radius 3 is 2.42 bits per heavy atom. The van der Waals surface area contributed by atoms with E-state index in [4.69, 9.17) is 5.73 Å². The summed E-state index contributed by atoms with van der Waals surface area (Å²) in [5, 5.41) is 1.76. The molecule has 0 unspecified atom stereocenters. The van der Waals surface area contributed by atoms with Gasteiger partial charge in [0.1, 0.15) is 4.90 Å². The third kappa shape index (κ3) is 3.08. The van der Waals surface area contributed by atoms with E-state index >= 15 is 0 Å². The molecule has 0 aromatic heterocycles. The van der Waals surface area contributed by atoms with Crippen molar-refractivity contribution in [2.45, 2.75) is 38.0 Å². The van der Waals surface area contributed by atoms with Crippen molar-refractivity contribution in [3.63, 3.8) is 0 Å². The second-order valence-corrected chi connectivity index (χ2v) is 6.67. The van der Waals surface area contributed by atoms with Crippen LogP contribution in [-0.4, -0.2) is 26.5 Å². The van der Waals surface area contributed by atoms with E-state index in [1.807, 2.05) is 13.0 Å². The second-order valence-electron chi connectivity index (χ2n) is 5.07. The molecule has 1 aromatic carbocycles. The number of nitrogens with two attached hydrogens (primary N) is 1. The van der Waals surface area contributed by atoms with E-state index in [-0.39, 0.29) is 4.90 Å². The molecule has 1 aromatic rings. The molecule has 6 heteroatoms. The van der Waals surface area contributed by atoms with Crippen LogP contribution in [0.4, 0.5) is 5.69 Å². The molecule has 1 aliphatic rings. The predicted molar refractivity (Wildman–Crippen MR) is 76.1 cm³/mol. The summed E-state index contributed by atoms with van der Waals surface area (Å²) >= 11 is 0. The first kappa shape index (κ1) is 14.3. The molecule has 3 N–H and O–H groups in total. The van der Waals surface area contributed by atoms with Crippen molar-refractivity contribution in [2.24, 2.45) is 0 Å². The lowest BCUT2D eigenvalue weighted by atomic mass is 10.1. The Morgan fingerprint density at radius 2 is 1.79 bits per heavy atom. The Kier molecular flexibility index (Phi) is 4.13. The number of anilines is 1. The summed E-state index contributed by atoms with van der Waals surface area (Å²) in [6.45, 7) is 5.18. The maximum atomic E-state index is 12.5. The summed E-state index contributed by atoms with van der Waals surface area (Å²) in [5.74, 6) is 0. The topological polar surface area (TPSA) is 75.4 Å². The van der Waals surface area contributed by atoms with Crippen LogP contribution in [0.25, 0.3) is 0 Å². The van der Waals surface area contributed by atoms with Crippen molar-refractivity contribution in [3.8, 4) is 0 Å². The quantitative estimate of drug-likeness (QED) is 0.826. The molecule has 0 bridgehead atoms. The number of sulfonamides is 1. The van der Waals surface area contributed by atoms with Gasteiger partial charge in [-0.25, -0.2) is 13.4 Å². The van der Waals surface area contributed by atoms with Gasteiger partial charge in [-0.3, -0.25) is 0 Å². The minimum absolute atomic E-state index is 0.207. The monoisotopic (exact) mass is 283 g/mol. The molecule has 0 aliphatic carbocycles. The van der Waals surface area contributed by atoms with Crippen molar-refractivity contribution in [1.29, 1.82) is 0 Å². The Morgan fingerprint density at radius 1 is 1.16 bits per heavy atom. The highest BCUT2D eigenvalue weighted by atomic mass is 32.2. The van der Waals surface area contributed by atoms with Crippen LogP contribution >= 0.6 is 0 Å². The predicted octanol–water partition coefficient (Wildman–Crippen LogP) is 1.56. The van der Waals surface area contributed by atoms with E-state index in [1.165, 1.54) is 0 Å². The number of hydrogen-bond acceptors (Lipinski definition) is 4. The zero-order valence-corrected chi connectivity index (χ0v) is 12.3. The van der Waals surface area contributed by atoms with Crippen LogP contribution in [0, 0.1) is 13.8 Å². The summed E-state index contributed by atoms with van der Waals surface area (Å²) < 4.78 is 24.9. The van der Waals surface area contributed by atoms with Crippen LogP contribution in [-0.2, 0) is 10.0 Å². The minimum Gasteiger partial charge on any atom is -0.398 e. The Labute approximate surface area is 114 Å². The minimum atomic E-state index is -3.59. The number of rotatable bonds is 3. The molecule has 1 saturated heterocycles. The second kappa shape index (κ2) is 5.48. The average Bonchev–Trinajstić information content (AvgIpc) is 2.35. The number of aryl methyl sites for hydroxylation is 1. The van der Waals surface area contributed by atoms with E-state index in [0.717, 1.165) is 37.9 Å². The summed E-state index contributed by atoms with van der Waals surface area (Å²) in [6.07, 6.45) is 3.19. The van der Waals surface area contributed by atoms with Crippen molar-refractivity contribution in [2.75, 3.05) is 18.8 Å². The van der Waals surface area contributed by atoms with Crippen LogP contribution in [0.15, 0.2) is 17.0 Å². The maximum Gasteiger partial charge on any atom is 0.255 e. The number of nitrogen functional groups attached to an aromatic ring is 1. The zero-order chi connectivity index (χ0) is 14.0. The summed E-state index contributed by atoms with van der Waals surface area (Å²) in [7, 11) is -3.59. The average molecular weight is 283 g/mol. The fourth-order valence-electron chi connectivity index (χ4n) is 2.37. The van der Waals surface area contributed by atoms with E-state index in [9.17, 15) is 8.42 Å². The van der Waals surface area contributed by atoms with Gasteiger partial charge in [0.2, 0.25) is 0 Å². The molecule has 1 aliphatic heterocycles.